The van der Waals surface area contributed by atoms with E-state index in [0.29, 0.717) is 38.2 Å². The summed E-state index contributed by atoms with van der Waals surface area (Å²) >= 11 is 6.90. The number of rotatable bonds is 8. The fraction of sp³-hybridized carbons (Fsp3) is 0.471. The second kappa shape index (κ2) is 12.9. The monoisotopic (exact) mass is 695 g/mol. The summed E-state index contributed by atoms with van der Waals surface area (Å²) in [6, 6.07) is 12.1. The molecule has 2 aromatic heterocycles. The van der Waals surface area contributed by atoms with Crippen molar-refractivity contribution in [3.05, 3.63) is 75.4 Å². The van der Waals surface area contributed by atoms with Crippen molar-refractivity contribution in [1.82, 2.24) is 24.2 Å². The lowest BCUT2D eigenvalue weighted by atomic mass is 9.73. The van der Waals surface area contributed by atoms with Gasteiger partial charge in [-0.25, -0.2) is 15.0 Å². The van der Waals surface area contributed by atoms with Crippen LogP contribution < -0.4 is 20.9 Å². The Morgan fingerprint density at radius 1 is 1.15 bits per heavy atom. The molecule has 1 unspecified atom stereocenters. The van der Waals surface area contributed by atoms with Gasteiger partial charge in [-0.15, -0.1) is 4.72 Å². The quantitative estimate of drug-likeness (QED) is 0.214. The normalized spacial score (nSPS) is 18.6. The Morgan fingerprint density at radius 3 is 2.55 bits per heavy atom. The van der Waals surface area contributed by atoms with Gasteiger partial charge in [0, 0.05) is 41.9 Å². The lowest BCUT2D eigenvalue weighted by Crippen LogP contribution is -2.49. The summed E-state index contributed by atoms with van der Waals surface area (Å²) in [5, 5.41) is 1.15. The molecule has 1 fully saturated rings. The molecule has 3 N–H and O–H groups in total. The highest BCUT2D eigenvalue weighted by atomic mass is 35.5. The van der Waals surface area contributed by atoms with Gasteiger partial charge in [0.05, 0.1) is 46.6 Å². The molecule has 0 bridgehead atoms. The first-order valence-corrected chi connectivity index (χ1v) is 18.1. The Bertz CT molecular complexity index is 1850. The van der Waals surface area contributed by atoms with Crippen LogP contribution in [-0.2, 0) is 29.1 Å². The van der Waals surface area contributed by atoms with Crippen LogP contribution in [0, 0.1) is 5.41 Å². The van der Waals surface area contributed by atoms with Crippen LogP contribution in [0.25, 0.3) is 10.9 Å². The Kier molecular flexibility index (Phi) is 9.31. The van der Waals surface area contributed by atoms with Gasteiger partial charge in [-0.3, -0.25) is 9.36 Å². The molecule has 2 atom stereocenters. The van der Waals surface area contributed by atoms with Crippen LogP contribution in [0.1, 0.15) is 64.6 Å². The summed E-state index contributed by atoms with van der Waals surface area (Å²) in [6.07, 6.45) is 6.06. The SMILES string of the molecule is COC(C)(C)Cn1cnc2ccc(Sc3ncc(N4CCC5(CC4)Cc4ccccc4[C@H]5N[S+]([O-])C(C)(C)C)nc3N)c(Cl)c2c1=O. The fourth-order valence-corrected chi connectivity index (χ4v) is 8.57. The average Bonchev–Trinajstić information content (AvgIpc) is 3.32. The molecular weight excluding hydrogens is 654 g/mol. The molecule has 1 saturated heterocycles. The lowest BCUT2D eigenvalue weighted by Gasteiger charge is -2.44. The molecular formula is C34H42ClN7O3S2. The van der Waals surface area contributed by atoms with Crippen molar-refractivity contribution in [2.45, 2.75) is 86.7 Å². The first-order valence-electron chi connectivity index (χ1n) is 15.8. The van der Waals surface area contributed by atoms with Gasteiger partial charge in [-0.2, -0.15) is 0 Å². The van der Waals surface area contributed by atoms with Gasteiger partial charge in [0.2, 0.25) is 0 Å². The summed E-state index contributed by atoms with van der Waals surface area (Å²) < 4.78 is 23.4. The molecule has 2 aliphatic rings. The van der Waals surface area contributed by atoms with Crippen molar-refractivity contribution in [2.24, 2.45) is 5.41 Å². The van der Waals surface area contributed by atoms with E-state index in [1.165, 1.54) is 33.8 Å². The minimum atomic E-state index is -1.19. The number of ether oxygens (including phenoxy) is 1. The lowest BCUT2D eigenvalue weighted by molar-refractivity contribution is 0.00728. The highest BCUT2D eigenvalue weighted by Crippen LogP contribution is 2.53. The molecule has 3 heterocycles. The standard InChI is InChI=1S/C34H42ClN7O3S2/c1-32(2,3)47(44)40-28-22-10-8-7-9-21(22)17-34(28)13-15-41(16-14-34)25-18-37-30(29(36)39-25)46-24-12-11-23-26(27(24)35)31(43)42(20-38-23)19-33(4,5)45-6/h7-12,18,20,28,40H,13-17,19H2,1-6H3,(H2,36,39)/t28-,47?/m1/s1. The van der Waals surface area contributed by atoms with Crippen LogP contribution in [0.3, 0.4) is 0 Å². The number of nitrogens with one attached hydrogen (secondary N) is 1. The summed E-state index contributed by atoms with van der Waals surface area (Å²) in [4.78, 5) is 30.1. The number of hydrogen-bond acceptors (Lipinski definition) is 10. The molecule has 2 aromatic carbocycles. The molecule has 250 valence electrons. The van der Waals surface area contributed by atoms with Crippen LogP contribution in [0.2, 0.25) is 5.02 Å². The number of anilines is 2. The molecule has 1 spiro atoms. The van der Waals surface area contributed by atoms with Crippen molar-refractivity contribution in [1.29, 1.82) is 0 Å². The topological polar surface area (TPSA) is 134 Å². The molecule has 47 heavy (non-hydrogen) atoms. The van der Waals surface area contributed by atoms with Gasteiger partial charge in [0.1, 0.15) is 15.6 Å². The van der Waals surface area contributed by atoms with Crippen molar-refractivity contribution >= 4 is 57.3 Å². The molecule has 0 saturated carbocycles. The van der Waals surface area contributed by atoms with Crippen LogP contribution in [0.15, 0.2) is 63.6 Å². The molecule has 10 nitrogen and oxygen atoms in total. The van der Waals surface area contributed by atoms with Crippen molar-refractivity contribution in [3.63, 3.8) is 0 Å². The summed E-state index contributed by atoms with van der Waals surface area (Å²) in [5.74, 6) is 1.01. The largest absolute Gasteiger partial charge is 0.598 e. The number of fused-ring (bicyclic) bond motifs is 2. The van der Waals surface area contributed by atoms with Crippen molar-refractivity contribution < 1.29 is 9.29 Å². The third-order valence-corrected chi connectivity index (χ3v) is 12.5. The molecule has 0 amide bonds. The zero-order chi connectivity index (χ0) is 33.7. The number of benzene rings is 2. The van der Waals surface area contributed by atoms with Gasteiger partial charge in [0.15, 0.2) is 5.82 Å². The Morgan fingerprint density at radius 2 is 1.87 bits per heavy atom. The molecule has 4 aromatic rings. The molecule has 6 rings (SSSR count). The molecule has 0 radical (unpaired) electrons. The van der Waals surface area contributed by atoms with E-state index in [4.69, 9.17) is 27.1 Å². The number of nitrogens with zero attached hydrogens (tertiary/aromatic N) is 5. The maximum Gasteiger partial charge on any atom is 0.262 e. The van der Waals surface area contributed by atoms with E-state index >= 15 is 0 Å². The minimum Gasteiger partial charge on any atom is -0.598 e. The summed E-state index contributed by atoms with van der Waals surface area (Å²) in [5.41, 5.74) is 8.75. The fourth-order valence-electron chi connectivity index (χ4n) is 6.48. The maximum absolute atomic E-state index is 13.4. The van der Waals surface area contributed by atoms with Gasteiger partial charge in [0.25, 0.3) is 5.56 Å². The number of aromatic nitrogens is 4. The van der Waals surface area contributed by atoms with E-state index in [2.05, 4.69) is 43.9 Å². The number of piperidine rings is 1. The molecule has 1 aliphatic carbocycles. The predicted molar refractivity (Wildman–Crippen MR) is 190 cm³/mol. The van der Waals surface area contributed by atoms with E-state index in [1.807, 2.05) is 40.7 Å². The van der Waals surface area contributed by atoms with E-state index in [-0.39, 0.29) is 21.8 Å². The van der Waals surface area contributed by atoms with Crippen LogP contribution in [0.5, 0.6) is 0 Å². The number of methoxy groups -OCH3 is 1. The minimum absolute atomic E-state index is 0.0216. The second-order valence-corrected chi connectivity index (χ2v) is 17.5. The maximum atomic E-state index is 13.4. The zero-order valence-corrected chi connectivity index (χ0v) is 30.1. The third kappa shape index (κ3) is 6.73. The van der Waals surface area contributed by atoms with Crippen LogP contribution in [-0.4, -0.2) is 54.6 Å². The zero-order valence-electron chi connectivity index (χ0n) is 27.7. The van der Waals surface area contributed by atoms with E-state index in [0.717, 1.165) is 38.2 Å². The Balaban J connectivity index is 1.19. The van der Waals surface area contributed by atoms with Crippen molar-refractivity contribution in [3.8, 4) is 0 Å². The number of nitrogen functional groups attached to an aromatic ring is 1. The van der Waals surface area contributed by atoms with Gasteiger partial charge < -0.3 is 19.9 Å². The molecule has 13 heteroatoms. The second-order valence-electron chi connectivity index (χ2n) is 14.1. The Labute approximate surface area is 288 Å². The molecule has 1 aliphatic heterocycles. The van der Waals surface area contributed by atoms with Gasteiger partial charge in [-0.1, -0.05) is 47.6 Å². The average molecular weight is 696 g/mol. The van der Waals surface area contributed by atoms with Gasteiger partial charge >= 0.3 is 0 Å². The number of nitrogens with two attached hydrogens (primary N) is 1. The van der Waals surface area contributed by atoms with E-state index < -0.39 is 17.0 Å². The highest BCUT2D eigenvalue weighted by molar-refractivity contribution is 7.99. The Hall–Kier alpha value is -2.87. The summed E-state index contributed by atoms with van der Waals surface area (Å²) in [6.45, 7) is 11.7. The summed E-state index contributed by atoms with van der Waals surface area (Å²) in [7, 11) is 1.61. The van der Waals surface area contributed by atoms with Crippen LogP contribution >= 0.6 is 23.4 Å². The number of hydrogen-bond donors (Lipinski definition) is 2. The number of halogens is 1. The smallest absolute Gasteiger partial charge is 0.262 e. The first kappa shape index (κ1) is 34.0. The predicted octanol–water partition coefficient (Wildman–Crippen LogP) is 5.93. The van der Waals surface area contributed by atoms with E-state index in [9.17, 15) is 9.35 Å². The first-order chi connectivity index (χ1) is 22.2. The third-order valence-electron chi connectivity index (χ3n) is 9.34. The van der Waals surface area contributed by atoms with Gasteiger partial charge in [-0.05, 0) is 77.1 Å². The highest BCUT2D eigenvalue weighted by Gasteiger charge is 2.50. The van der Waals surface area contributed by atoms with Crippen molar-refractivity contribution in [2.75, 3.05) is 30.8 Å². The van der Waals surface area contributed by atoms with E-state index in [1.54, 1.807) is 19.4 Å². The van der Waals surface area contributed by atoms with Crippen LogP contribution in [0.4, 0.5) is 11.6 Å².